The lowest BCUT2D eigenvalue weighted by Gasteiger charge is -2.34. The van der Waals surface area contributed by atoms with Crippen molar-refractivity contribution in [1.82, 2.24) is 20.4 Å². The molecular weight excluding hydrogens is 326 g/mol. The number of nitrogens with zero attached hydrogens (tertiary/aromatic N) is 3. The van der Waals surface area contributed by atoms with E-state index in [9.17, 15) is 4.79 Å². The van der Waals surface area contributed by atoms with Crippen molar-refractivity contribution in [2.24, 2.45) is 0 Å². The Hall–Kier alpha value is -2.03. The number of urea groups is 1. The van der Waals surface area contributed by atoms with E-state index in [-0.39, 0.29) is 12.1 Å². The van der Waals surface area contributed by atoms with Crippen LogP contribution in [0.15, 0.2) is 30.3 Å². The molecular formula is C16H21N5O2S. The van der Waals surface area contributed by atoms with Gasteiger partial charge in [0.25, 0.3) is 0 Å². The molecule has 2 amide bonds. The molecule has 128 valence electrons. The topological polar surface area (TPSA) is 79.4 Å². The molecule has 1 aromatic heterocycles. The van der Waals surface area contributed by atoms with Crippen molar-refractivity contribution in [3.63, 3.8) is 0 Å². The van der Waals surface area contributed by atoms with Crippen LogP contribution in [0.1, 0.15) is 16.6 Å². The number of anilines is 1. The molecule has 1 saturated heterocycles. The highest BCUT2D eigenvalue weighted by Gasteiger charge is 2.23. The van der Waals surface area contributed by atoms with Crippen molar-refractivity contribution < 1.29 is 9.53 Å². The van der Waals surface area contributed by atoms with Gasteiger partial charge in [-0.3, -0.25) is 10.2 Å². The van der Waals surface area contributed by atoms with E-state index in [1.54, 1.807) is 0 Å². The fraction of sp³-hybridized carbons (Fsp3) is 0.438. The molecule has 1 aliphatic heterocycles. The number of nitrogens with one attached hydrogen (secondary N) is 2. The Kier molecular flexibility index (Phi) is 5.73. The molecule has 1 fully saturated rings. The number of carbonyl (C=O) groups is 1. The average Bonchev–Trinajstić information content (AvgIpc) is 3.02. The van der Waals surface area contributed by atoms with Gasteiger partial charge >= 0.3 is 6.03 Å². The molecule has 7 nitrogen and oxygen atoms in total. The van der Waals surface area contributed by atoms with Gasteiger partial charge in [-0.2, -0.15) is 0 Å². The molecule has 3 rings (SSSR count). The lowest BCUT2D eigenvalue weighted by atomic mass is 10.0. The van der Waals surface area contributed by atoms with Crippen molar-refractivity contribution in [1.29, 1.82) is 0 Å². The predicted octanol–water partition coefficient (Wildman–Crippen LogP) is 2.04. The molecule has 0 unspecified atom stereocenters. The van der Waals surface area contributed by atoms with Crippen LogP contribution in [0.4, 0.5) is 9.93 Å². The van der Waals surface area contributed by atoms with Gasteiger partial charge < -0.3 is 10.1 Å². The summed E-state index contributed by atoms with van der Waals surface area (Å²) in [6.45, 7) is 5.54. The molecule has 2 N–H and O–H groups in total. The van der Waals surface area contributed by atoms with Crippen LogP contribution in [-0.2, 0) is 4.74 Å². The first kappa shape index (κ1) is 16.8. The lowest BCUT2D eigenvalue weighted by Crippen LogP contribution is -2.44. The summed E-state index contributed by atoms with van der Waals surface area (Å²) in [6.07, 6.45) is 0. The Bertz CT molecular complexity index is 657. The van der Waals surface area contributed by atoms with E-state index in [0.29, 0.717) is 11.7 Å². The van der Waals surface area contributed by atoms with Crippen molar-refractivity contribution in [2.75, 3.05) is 38.2 Å². The second-order valence-corrected chi connectivity index (χ2v) is 6.72. The normalized spacial score (nSPS) is 16.5. The van der Waals surface area contributed by atoms with E-state index in [4.69, 9.17) is 4.74 Å². The maximum absolute atomic E-state index is 12.1. The number of rotatable bonds is 5. The average molecular weight is 347 g/mol. The summed E-state index contributed by atoms with van der Waals surface area (Å²) in [5.41, 5.74) is 1.19. The van der Waals surface area contributed by atoms with Crippen LogP contribution in [0.2, 0.25) is 0 Å². The van der Waals surface area contributed by atoms with E-state index in [1.165, 1.54) is 16.9 Å². The third-order valence-corrected chi connectivity index (χ3v) is 4.63. The quantitative estimate of drug-likeness (QED) is 0.865. The Labute approximate surface area is 145 Å². The van der Waals surface area contributed by atoms with E-state index >= 15 is 0 Å². The van der Waals surface area contributed by atoms with Gasteiger partial charge in [0.05, 0.1) is 19.3 Å². The zero-order chi connectivity index (χ0) is 16.8. The lowest BCUT2D eigenvalue weighted by molar-refractivity contribution is 0.0168. The molecule has 1 atom stereocenters. The van der Waals surface area contributed by atoms with Gasteiger partial charge in [-0.15, -0.1) is 10.2 Å². The number of hydrogen-bond acceptors (Lipinski definition) is 6. The summed E-state index contributed by atoms with van der Waals surface area (Å²) in [6, 6.07) is 10.1. The zero-order valence-electron chi connectivity index (χ0n) is 13.6. The maximum atomic E-state index is 12.1. The van der Waals surface area contributed by atoms with Crippen molar-refractivity contribution in [2.45, 2.75) is 13.0 Å². The van der Waals surface area contributed by atoms with E-state index in [0.717, 1.165) is 31.3 Å². The SMILES string of the molecule is Cc1nnc(NC(=O)NC[C@@H](c2ccccc2)N2CCOCC2)s1. The molecule has 24 heavy (non-hydrogen) atoms. The van der Waals surface area contributed by atoms with Crippen molar-refractivity contribution >= 4 is 22.5 Å². The van der Waals surface area contributed by atoms with Gasteiger partial charge in [0.2, 0.25) is 5.13 Å². The number of carbonyl (C=O) groups excluding carboxylic acids is 1. The van der Waals surface area contributed by atoms with E-state index in [1.807, 2.05) is 25.1 Å². The van der Waals surface area contributed by atoms with E-state index < -0.39 is 0 Å². The van der Waals surface area contributed by atoms with Crippen molar-refractivity contribution in [3.05, 3.63) is 40.9 Å². The van der Waals surface area contributed by atoms with Crippen LogP contribution in [0, 0.1) is 6.92 Å². The fourth-order valence-corrected chi connectivity index (χ4v) is 3.29. The molecule has 0 saturated carbocycles. The maximum Gasteiger partial charge on any atom is 0.321 e. The molecule has 0 aliphatic carbocycles. The highest BCUT2D eigenvalue weighted by atomic mass is 32.1. The van der Waals surface area contributed by atoms with Crippen LogP contribution < -0.4 is 10.6 Å². The first-order chi connectivity index (χ1) is 11.7. The standard InChI is InChI=1S/C16H21N5O2S/c1-12-19-20-16(24-12)18-15(22)17-11-14(13-5-3-2-4-6-13)21-7-9-23-10-8-21/h2-6,14H,7-11H2,1H3,(H2,17,18,20,22)/t14-/m0/s1. The number of morpholine rings is 1. The Morgan fingerprint density at radius 2 is 2.04 bits per heavy atom. The highest BCUT2D eigenvalue weighted by Crippen LogP contribution is 2.21. The second-order valence-electron chi connectivity index (χ2n) is 5.54. The third-order valence-electron chi connectivity index (χ3n) is 3.87. The molecule has 0 spiro atoms. The minimum absolute atomic E-state index is 0.122. The summed E-state index contributed by atoms with van der Waals surface area (Å²) in [5, 5.41) is 14.8. The summed E-state index contributed by atoms with van der Waals surface area (Å²) < 4.78 is 5.44. The first-order valence-electron chi connectivity index (χ1n) is 7.94. The smallest absolute Gasteiger partial charge is 0.321 e. The minimum atomic E-state index is -0.264. The number of amides is 2. The van der Waals surface area contributed by atoms with Gasteiger partial charge in [-0.1, -0.05) is 41.7 Å². The van der Waals surface area contributed by atoms with E-state index in [2.05, 4.69) is 37.9 Å². The zero-order valence-corrected chi connectivity index (χ0v) is 14.4. The number of hydrogen-bond donors (Lipinski definition) is 2. The summed E-state index contributed by atoms with van der Waals surface area (Å²) in [4.78, 5) is 14.5. The van der Waals surface area contributed by atoms with Crippen LogP contribution in [0.25, 0.3) is 0 Å². The van der Waals surface area contributed by atoms with Crippen LogP contribution in [-0.4, -0.2) is 54.0 Å². The van der Waals surface area contributed by atoms with Crippen LogP contribution in [0.3, 0.4) is 0 Å². The highest BCUT2D eigenvalue weighted by molar-refractivity contribution is 7.15. The predicted molar refractivity (Wildman–Crippen MR) is 93.2 cm³/mol. The largest absolute Gasteiger partial charge is 0.379 e. The monoisotopic (exact) mass is 347 g/mol. The molecule has 0 bridgehead atoms. The summed E-state index contributed by atoms with van der Waals surface area (Å²) >= 11 is 1.35. The Morgan fingerprint density at radius 3 is 2.71 bits per heavy atom. The van der Waals surface area contributed by atoms with Gasteiger partial charge in [-0.05, 0) is 12.5 Å². The van der Waals surface area contributed by atoms with Gasteiger partial charge in [0.1, 0.15) is 5.01 Å². The Balaban J connectivity index is 1.62. The Morgan fingerprint density at radius 1 is 1.29 bits per heavy atom. The van der Waals surface area contributed by atoms with Crippen LogP contribution in [0.5, 0.6) is 0 Å². The van der Waals surface area contributed by atoms with Gasteiger partial charge in [0.15, 0.2) is 0 Å². The van der Waals surface area contributed by atoms with Crippen molar-refractivity contribution in [3.8, 4) is 0 Å². The molecule has 0 radical (unpaired) electrons. The van der Waals surface area contributed by atoms with Gasteiger partial charge in [-0.25, -0.2) is 4.79 Å². The first-order valence-corrected chi connectivity index (χ1v) is 8.76. The molecule has 1 aliphatic rings. The third kappa shape index (κ3) is 4.50. The molecule has 1 aromatic carbocycles. The number of benzene rings is 1. The summed E-state index contributed by atoms with van der Waals surface area (Å²) in [7, 11) is 0. The second kappa shape index (κ2) is 8.18. The number of ether oxygens (including phenoxy) is 1. The van der Waals surface area contributed by atoms with Gasteiger partial charge in [0, 0.05) is 19.6 Å². The minimum Gasteiger partial charge on any atom is -0.379 e. The summed E-state index contributed by atoms with van der Waals surface area (Å²) in [5.74, 6) is 0. The molecule has 2 aromatic rings. The number of aromatic nitrogens is 2. The van der Waals surface area contributed by atoms with Crippen LogP contribution >= 0.6 is 11.3 Å². The fourth-order valence-electron chi connectivity index (χ4n) is 2.70. The molecule has 8 heteroatoms. The molecule has 2 heterocycles. The number of aryl methyl sites for hydroxylation is 1.